The van der Waals surface area contributed by atoms with Crippen LogP contribution in [-0.4, -0.2) is 10.8 Å². The summed E-state index contributed by atoms with van der Waals surface area (Å²) in [6.45, 7) is 2.22. The van der Waals surface area contributed by atoms with Crippen molar-refractivity contribution in [3.63, 3.8) is 0 Å². The minimum absolute atomic E-state index is 0.213. The lowest BCUT2D eigenvalue weighted by Crippen LogP contribution is -2.26. The van der Waals surface area contributed by atoms with E-state index in [0.29, 0.717) is 5.78 Å². The average Bonchev–Trinajstić information content (AvgIpc) is 2.32. The van der Waals surface area contributed by atoms with E-state index in [1.165, 1.54) is 6.42 Å². The molecule has 0 spiro atoms. The van der Waals surface area contributed by atoms with Gasteiger partial charge in [-0.15, -0.1) is 0 Å². The van der Waals surface area contributed by atoms with Crippen LogP contribution in [0.4, 0.5) is 0 Å². The fourth-order valence-corrected chi connectivity index (χ4v) is 3.03. The molecule has 2 rings (SSSR count). The molecule has 1 aliphatic rings. The van der Waals surface area contributed by atoms with Crippen LogP contribution in [0.5, 0.6) is 0 Å². The van der Waals surface area contributed by atoms with Gasteiger partial charge in [0, 0.05) is 29.2 Å². The number of aromatic nitrogens is 1. The van der Waals surface area contributed by atoms with Crippen molar-refractivity contribution in [2.45, 2.75) is 39.0 Å². The maximum atomic E-state index is 11.9. The Morgan fingerprint density at radius 1 is 1.47 bits per heavy atom. The van der Waals surface area contributed by atoms with E-state index < -0.39 is 0 Å². The first-order valence-corrected chi connectivity index (χ1v) is 7.10. The van der Waals surface area contributed by atoms with Crippen LogP contribution in [0.25, 0.3) is 0 Å². The van der Waals surface area contributed by atoms with E-state index in [2.05, 4.69) is 33.9 Å². The van der Waals surface area contributed by atoms with E-state index in [1.807, 2.05) is 6.20 Å². The van der Waals surface area contributed by atoms with Gasteiger partial charge in [-0.1, -0.05) is 13.3 Å². The summed E-state index contributed by atoms with van der Waals surface area (Å²) in [4.78, 5) is 16.1. The third-order valence-electron chi connectivity index (χ3n) is 3.69. The number of hydrogen-bond acceptors (Lipinski definition) is 2. The molecule has 0 radical (unpaired) electrons. The van der Waals surface area contributed by atoms with Crippen molar-refractivity contribution in [3.05, 3.63) is 28.5 Å². The first-order valence-electron chi connectivity index (χ1n) is 6.31. The number of carbonyl (C=O) groups is 1. The summed E-state index contributed by atoms with van der Waals surface area (Å²) in [6, 6.07) is 2.07. The van der Waals surface area contributed by atoms with Crippen molar-refractivity contribution in [1.82, 2.24) is 4.98 Å². The Hall–Kier alpha value is -0.700. The summed E-state index contributed by atoms with van der Waals surface area (Å²) >= 11 is 3.42. The summed E-state index contributed by atoms with van der Waals surface area (Å²) in [6.07, 6.45) is 8.60. The van der Waals surface area contributed by atoms with Gasteiger partial charge in [0.25, 0.3) is 0 Å². The van der Waals surface area contributed by atoms with E-state index in [4.69, 9.17) is 0 Å². The Morgan fingerprint density at radius 3 is 3.00 bits per heavy atom. The molecule has 0 saturated heterocycles. The summed E-state index contributed by atoms with van der Waals surface area (Å²) in [5.74, 6) is 1.39. The van der Waals surface area contributed by atoms with Crippen LogP contribution in [0.15, 0.2) is 22.9 Å². The van der Waals surface area contributed by atoms with Gasteiger partial charge in [-0.2, -0.15) is 0 Å². The molecule has 2 unspecified atom stereocenters. The molecule has 0 amide bonds. The summed E-state index contributed by atoms with van der Waals surface area (Å²) in [7, 11) is 0. The zero-order chi connectivity index (χ0) is 12.3. The standard InChI is InChI=1S/C14H18BrNO/c1-2-10-3-4-14(17)12(5-10)6-11-7-13(15)9-16-8-11/h7-10,12H,2-6H2,1H3. The highest BCUT2D eigenvalue weighted by Gasteiger charge is 2.27. The normalized spacial score (nSPS) is 24.9. The highest BCUT2D eigenvalue weighted by molar-refractivity contribution is 9.10. The van der Waals surface area contributed by atoms with Crippen LogP contribution in [0.1, 0.15) is 38.2 Å². The summed E-state index contributed by atoms with van der Waals surface area (Å²) < 4.78 is 0.991. The zero-order valence-corrected chi connectivity index (χ0v) is 11.7. The van der Waals surface area contributed by atoms with Gasteiger partial charge in [-0.3, -0.25) is 9.78 Å². The molecule has 17 heavy (non-hydrogen) atoms. The molecule has 1 fully saturated rings. The van der Waals surface area contributed by atoms with E-state index in [1.54, 1.807) is 6.20 Å². The lowest BCUT2D eigenvalue weighted by atomic mass is 9.77. The number of rotatable bonds is 3. The van der Waals surface area contributed by atoms with Gasteiger partial charge >= 0.3 is 0 Å². The topological polar surface area (TPSA) is 30.0 Å². The second kappa shape index (κ2) is 5.76. The molecule has 1 aromatic heterocycles. The van der Waals surface area contributed by atoms with Gasteiger partial charge in [0.05, 0.1) is 0 Å². The quantitative estimate of drug-likeness (QED) is 0.849. The first-order chi connectivity index (χ1) is 8.19. The number of nitrogens with zero attached hydrogens (tertiary/aromatic N) is 1. The van der Waals surface area contributed by atoms with E-state index in [0.717, 1.165) is 41.6 Å². The number of carbonyl (C=O) groups excluding carboxylic acids is 1. The van der Waals surface area contributed by atoms with Crippen molar-refractivity contribution in [1.29, 1.82) is 0 Å². The van der Waals surface area contributed by atoms with Gasteiger partial charge in [0.15, 0.2) is 0 Å². The molecule has 2 atom stereocenters. The molecular weight excluding hydrogens is 278 g/mol. The lowest BCUT2D eigenvalue weighted by molar-refractivity contribution is -0.125. The maximum absolute atomic E-state index is 11.9. The monoisotopic (exact) mass is 295 g/mol. The highest BCUT2D eigenvalue weighted by Crippen LogP contribution is 2.30. The molecule has 0 bridgehead atoms. The summed E-state index contributed by atoms with van der Waals surface area (Å²) in [5.41, 5.74) is 1.16. The molecule has 0 N–H and O–H groups in total. The van der Waals surface area contributed by atoms with Crippen LogP contribution in [0.2, 0.25) is 0 Å². The largest absolute Gasteiger partial charge is 0.299 e. The second-order valence-corrected chi connectivity index (χ2v) is 5.84. The molecule has 1 aromatic rings. The van der Waals surface area contributed by atoms with Gasteiger partial charge in [0.2, 0.25) is 0 Å². The molecule has 0 aromatic carbocycles. The smallest absolute Gasteiger partial charge is 0.136 e. The minimum Gasteiger partial charge on any atom is -0.299 e. The summed E-state index contributed by atoms with van der Waals surface area (Å²) in [5, 5.41) is 0. The Labute approximate surface area is 111 Å². The number of halogens is 1. The first kappa shape index (κ1) is 12.7. The Bertz CT molecular complexity index is 405. The number of Topliss-reactive ketones (excluding diaryl/α,β-unsaturated/α-hetero) is 1. The highest BCUT2D eigenvalue weighted by atomic mass is 79.9. The SMILES string of the molecule is CCC1CCC(=O)C(Cc2cncc(Br)c2)C1. The maximum Gasteiger partial charge on any atom is 0.136 e. The van der Waals surface area contributed by atoms with Gasteiger partial charge < -0.3 is 0 Å². The molecule has 2 nitrogen and oxygen atoms in total. The predicted molar refractivity (Wildman–Crippen MR) is 71.8 cm³/mol. The third kappa shape index (κ3) is 3.38. The zero-order valence-electron chi connectivity index (χ0n) is 10.2. The van der Waals surface area contributed by atoms with E-state index in [-0.39, 0.29) is 5.92 Å². The minimum atomic E-state index is 0.213. The van der Waals surface area contributed by atoms with Crippen LogP contribution < -0.4 is 0 Å². The molecular formula is C14H18BrNO. The molecule has 92 valence electrons. The Balaban J connectivity index is 2.04. The van der Waals surface area contributed by atoms with Crippen molar-refractivity contribution in [3.8, 4) is 0 Å². The number of pyridine rings is 1. The van der Waals surface area contributed by atoms with E-state index >= 15 is 0 Å². The van der Waals surface area contributed by atoms with Crippen LogP contribution in [0, 0.1) is 11.8 Å². The average molecular weight is 296 g/mol. The molecule has 0 aliphatic heterocycles. The van der Waals surface area contributed by atoms with Crippen LogP contribution >= 0.6 is 15.9 Å². The number of ketones is 1. The van der Waals surface area contributed by atoms with Crippen LogP contribution in [0.3, 0.4) is 0 Å². The Kier molecular flexibility index (Phi) is 4.32. The van der Waals surface area contributed by atoms with Gasteiger partial charge in [0.1, 0.15) is 5.78 Å². The third-order valence-corrected chi connectivity index (χ3v) is 4.13. The predicted octanol–water partition coefficient (Wildman–Crippen LogP) is 3.78. The molecule has 1 saturated carbocycles. The lowest BCUT2D eigenvalue weighted by Gasteiger charge is -2.27. The molecule has 1 aliphatic carbocycles. The molecule has 1 heterocycles. The van der Waals surface area contributed by atoms with Gasteiger partial charge in [-0.25, -0.2) is 0 Å². The fraction of sp³-hybridized carbons (Fsp3) is 0.571. The molecule has 3 heteroatoms. The number of hydrogen-bond donors (Lipinski definition) is 0. The van der Waals surface area contributed by atoms with Crippen molar-refractivity contribution in [2.24, 2.45) is 11.8 Å². The van der Waals surface area contributed by atoms with Crippen molar-refractivity contribution >= 4 is 21.7 Å². The second-order valence-electron chi connectivity index (χ2n) is 4.93. The van der Waals surface area contributed by atoms with Crippen molar-refractivity contribution < 1.29 is 4.79 Å². The van der Waals surface area contributed by atoms with Crippen LogP contribution in [-0.2, 0) is 11.2 Å². The van der Waals surface area contributed by atoms with Crippen molar-refractivity contribution in [2.75, 3.05) is 0 Å². The Morgan fingerprint density at radius 2 is 2.29 bits per heavy atom. The fourth-order valence-electron chi connectivity index (χ4n) is 2.62. The van der Waals surface area contributed by atoms with E-state index in [9.17, 15) is 4.79 Å². The van der Waals surface area contributed by atoms with Gasteiger partial charge in [-0.05, 0) is 52.7 Å².